The smallest absolute Gasteiger partial charge is 0.238 e. The number of para-hydroxylation sites is 1. The zero-order chi connectivity index (χ0) is 21.8. The molecule has 2 aromatic rings. The minimum atomic E-state index is -0.214. The van der Waals surface area contributed by atoms with Crippen LogP contribution in [0, 0.1) is 5.92 Å². The Labute approximate surface area is 180 Å². The van der Waals surface area contributed by atoms with Gasteiger partial charge in [-0.05, 0) is 51.1 Å². The summed E-state index contributed by atoms with van der Waals surface area (Å²) in [6, 6.07) is 12.6. The van der Waals surface area contributed by atoms with Gasteiger partial charge in [-0.25, -0.2) is 0 Å². The maximum Gasteiger partial charge on any atom is 0.238 e. The monoisotopic (exact) mass is 423 g/mol. The van der Waals surface area contributed by atoms with Crippen LogP contribution in [0.2, 0.25) is 0 Å². The number of amides is 2. The fraction of sp³-hybridized carbons (Fsp3) is 0.348. The molecule has 1 fully saturated rings. The molecule has 0 radical (unpaired) electrons. The van der Waals surface area contributed by atoms with Crippen LogP contribution in [-0.4, -0.2) is 48.9 Å². The van der Waals surface area contributed by atoms with E-state index in [2.05, 4.69) is 10.6 Å². The van der Waals surface area contributed by atoms with Gasteiger partial charge in [0.15, 0.2) is 17.3 Å². The van der Waals surface area contributed by atoms with Gasteiger partial charge in [-0.2, -0.15) is 0 Å². The van der Waals surface area contributed by atoms with Crippen molar-refractivity contribution in [3.8, 4) is 11.5 Å². The second-order valence-corrected chi connectivity index (χ2v) is 7.76. The van der Waals surface area contributed by atoms with Gasteiger partial charge in [-0.15, -0.1) is 0 Å². The van der Waals surface area contributed by atoms with Gasteiger partial charge in [0, 0.05) is 23.2 Å². The van der Waals surface area contributed by atoms with E-state index in [1.807, 2.05) is 35.2 Å². The van der Waals surface area contributed by atoms with Crippen LogP contribution in [0.4, 0.5) is 11.4 Å². The van der Waals surface area contributed by atoms with Crippen molar-refractivity contribution in [1.29, 1.82) is 0 Å². The van der Waals surface area contributed by atoms with E-state index in [1.54, 1.807) is 12.1 Å². The number of rotatable bonds is 6. The molecule has 4 rings (SSSR count). The van der Waals surface area contributed by atoms with Gasteiger partial charge in [0.25, 0.3) is 0 Å². The molecule has 2 N–H and O–H groups in total. The lowest BCUT2D eigenvalue weighted by molar-refractivity contribution is -0.121. The molecule has 8 heteroatoms. The van der Waals surface area contributed by atoms with E-state index >= 15 is 0 Å². The molecular formula is C23H25N3O5. The van der Waals surface area contributed by atoms with E-state index in [1.165, 1.54) is 6.92 Å². The first kappa shape index (κ1) is 20.9. The number of ketones is 1. The Morgan fingerprint density at radius 2 is 1.68 bits per heavy atom. The van der Waals surface area contributed by atoms with Crippen molar-refractivity contribution in [2.45, 2.75) is 19.8 Å². The fourth-order valence-electron chi connectivity index (χ4n) is 3.85. The predicted octanol–water partition coefficient (Wildman–Crippen LogP) is 2.91. The van der Waals surface area contributed by atoms with Crippen LogP contribution in [0.5, 0.6) is 11.5 Å². The van der Waals surface area contributed by atoms with Crippen LogP contribution < -0.4 is 20.1 Å². The zero-order valence-electron chi connectivity index (χ0n) is 17.3. The predicted molar refractivity (Wildman–Crippen MR) is 115 cm³/mol. The van der Waals surface area contributed by atoms with Crippen molar-refractivity contribution in [2.75, 3.05) is 37.1 Å². The molecule has 0 aliphatic carbocycles. The topological polar surface area (TPSA) is 97.0 Å². The Balaban J connectivity index is 1.30. The Morgan fingerprint density at radius 1 is 1.00 bits per heavy atom. The third-order valence-corrected chi connectivity index (χ3v) is 5.53. The number of nitrogens with zero attached hydrogens (tertiary/aromatic N) is 1. The summed E-state index contributed by atoms with van der Waals surface area (Å²) in [6.07, 6.45) is 1.38. The first-order valence-corrected chi connectivity index (χ1v) is 10.3. The highest BCUT2D eigenvalue weighted by Gasteiger charge is 2.26. The number of hydrogen-bond acceptors (Lipinski definition) is 6. The molecule has 0 saturated carbocycles. The van der Waals surface area contributed by atoms with Crippen molar-refractivity contribution in [2.24, 2.45) is 5.92 Å². The number of Topliss-reactive ketones (excluding diaryl/α,β-unsaturated/α-hetero) is 1. The molecule has 0 aromatic heterocycles. The second-order valence-electron chi connectivity index (χ2n) is 7.76. The van der Waals surface area contributed by atoms with E-state index in [4.69, 9.17) is 9.47 Å². The number of fused-ring (bicyclic) bond motifs is 1. The average Bonchev–Trinajstić information content (AvgIpc) is 3.21. The average molecular weight is 423 g/mol. The van der Waals surface area contributed by atoms with Gasteiger partial charge < -0.3 is 20.1 Å². The number of carbonyl (C=O) groups is 3. The van der Waals surface area contributed by atoms with E-state index in [-0.39, 0.29) is 36.9 Å². The molecule has 2 aromatic carbocycles. The summed E-state index contributed by atoms with van der Waals surface area (Å²) in [6.45, 7) is 3.04. The first-order chi connectivity index (χ1) is 15.0. The van der Waals surface area contributed by atoms with Crippen molar-refractivity contribution >= 4 is 29.0 Å². The Kier molecular flexibility index (Phi) is 6.18. The number of hydrogen-bond donors (Lipinski definition) is 2. The molecule has 2 aliphatic rings. The van der Waals surface area contributed by atoms with E-state index < -0.39 is 0 Å². The first-order valence-electron chi connectivity index (χ1n) is 10.3. The zero-order valence-corrected chi connectivity index (χ0v) is 17.3. The minimum absolute atomic E-state index is 0.0155. The maximum atomic E-state index is 12.6. The summed E-state index contributed by atoms with van der Waals surface area (Å²) in [5, 5.41) is 5.77. The Hall–Kier alpha value is -3.39. The largest absolute Gasteiger partial charge is 0.454 e. The van der Waals surface area contributed by atoms with Gasteiger partial charge in [-0.3, -0.25) is 19.3 Å². The molecule has 2 aliphatic heterocycles. The van der Waals surface area contributed by atoms with Crippen molar-refractivity contribution < 1.29 is 23.9 Å². The number of benzene rings is 2. The van der Waals surface area contributed by atoms with Crippen LogP contribution in [0.25, 0.3) is 0 Å². The lowest BCUT2D eigenvalue weighted by Gasteiger charge is -2.30. The highest BCUT2D eigenvalue weighted by Crippen LogP contribution is 2.37. The van der Waals surface area contributed by atoms with Gasteiger partial charge >= 0.3 is 0 Å². The number of ether oxygens (including phenoxy) is 2. The number of nitrogens with one attached hydrogen (secondary N) is 2. The standard InChI is InChI=1S/C23H25N3O5/c1-15(27)18-11-20-21(31-14-30-20)12-19(18)25-22(28)13-26-9-7-16(8-10-26)23(29)24-17-5-3-2-4-6-17/h2-6,11-12,16H,7-10,13-14H2,1H3,(H,24,29)(H,25,28). The molecule has 1 saturated heterocycles. The molecular weight excluding hydrogens is 398 g/mol. The van der Waals surface area contributed by atoms with Crippen molar-refractivity contribution in [3.05, 3.63) is 48.0 Å². The second kappa shape index (κ2) is 9.18. The molecule has 0 bridgehead atoms. The molecule has 0 spiro atoms. The highest BCUT2D eigenvalue weighted by atomic mass is 16.7. The Bertz CT molecular complexity index is 984. The summed E-state index contributed by atoms with van der Waals surface area (Å²) < 4.78 is 10.7. The Morgan fingerprint density at radius 3 is 2.35 bits per heavy atom. The number of piperidine rings is 1. The fourth-order valence-corrected chi connectivity index (χ4v) is 3.85. The summed E-state index contributed by atoms with van der Waals surface area (Å²) in [5.41, 5.74) is 1.59. The van der Waals surface area contributed by atoms with Crippen LogP contribution in [0.1, 0.15) is 30.1 Å². The summed E-state index contributed by atoms with van der Waals surface area (Å²) in [5.74, 6) is 0.566. The summed E-state index contributed by atoms with van der Waals surface area (Å²) in [7, 11) is 0. The summed E-state index contributed by atoms with van der Waals surface area (Å²) in [4.78, 5) is 39.1. The quantitative estimate of drug-likeness (QED) is 0.694. The van der Waals surface area contributed by atoms with Gasteiger partial charge in [0.05, 0.1) is 12.2 Å². The third-order valence-electron chi connectivity index (χ3n) is 5.53. The van der Waals surface area contributed by atoms with Crippen molar-refractivity contribution in [1.82, 2.24) is 4.90 Å². The molecule has 2 amide bonds. The SMILES string of the molecule is CC(=O)c1cc2c(cc1NC(=O)CN1CCC(C(=O)Nc3ccccc3)CC1)OCO2. The maximum absolute atomic E-state index is 12.6. The minimum Gasteiger partial charge on any atom is -0.454 e. The lowest BCUT2D eigenvalue weighted by Crippen LogP contribution is -2.41. The lowest BCUT2D eigenvalue weighted by atomic mass is 9.96. The van der Waals surface area contributed by atoms with Crippen LogP contribution in [0.15, 0.2) is 42.5 Å². The molecule has 162 valence electrons. The van der Waals surface area contributed by atoms with E-state index in [0.717, 1.165) is 5.69 Å². The van der Waals surface area contributed by atoms with Crippen molar-refractivity contribution in [3.63, 3.8) is 0 Å². The number of anilines is 2. The van der Waals surface area contributed by atoms with Crippen LogP contribution >= 0.6 is 0 Å². The van der Waals surface area contributed by atoms with E-state index in [0.29, 0.717) is 48.7 Å². The van der Waals surface area contributed by atoms with E-state index in [9.17, 15) is 14.4 Å². The molecule has 0 unspecified atom stereocenters. The van der Waals surface area contributed by atoms with Crippen LogP contribution in [0.3, 0.4) is 0 Å². The van der Waals surface area contributed by atoms with Crippen LogP contribution in [-0.2, 0) is 9.59 Å². The number of carbonyl (C=O) groups excluding carboxylic acids is 3. The number of likely N-dealkylation sites (tertiary alicyclic amines) is 1. The third kappa shape index (κ3) is 5.03. The molecule has 0 atom stereocenters. The van der Waals surface area contributed by atoms with Gasteiger partial charge in [-0.1, -0.05) is 18.2 Å². The van der Waals surface area contributed by atoms with Gasteiger partial charge in [0.2, 0.25) is 18.6 Å². The van der Waals surface area contributed by atoms with Gasteiger partial charge in [0.1, 0.15) is 0 Å². The normalized spacial score (nSPS) is 16.0. The summed E-state index contributed by atoms with van der Waals surface area (Å²) >= 11 is 0. The molecule has 2 heterocycles. The molecule has 31 heavy (non-hydrogen) atoms. The molecule has 8 nitrogen and oxygen atoms in total. The highest BCUT2D eigenvalue weighted by molar-refractivity contribution is 6.05.